The van der Waals surface area contributed by atoms with Crippen molar-refractivity contribution in [2.24, 2.45) is 0 Å². The molecule has 0 spiro atoms. The van der Waals surface area contributed by atoms with Crippen molar-refractivity contribution in [3.05, 3.63) is 0 Å². The van der Waals surface area contributed by atoms with Crippen LogP contribution in [0.1, 0.15) is 0 Å². The molecule has 0 amide bonds. The average molecular weight is 146 g/mol. The van der Waals surface area contributed by atoms with Crippen molar-refractivity contribution in [2.45, 2.75) is 0 Å². The van der Waals surface area contributed by atoms with E-state index in [2.05, 4.69) is 21.2 Å². The second kappa shape index (κ2) is 8.87. The summed E-state index contributed by atoms with van der Waals surface area (Å²) in [4.78, 5) is 0. The summed E-state index contributed by atoms with van der Waals surface area (Å²) in [7, 11) is 8.35. The molecule has 0 aromatic heterocycles. The van der Waals surface area contributed by atoms with E-state index in [0.717, 1.165) is 0 Å². The third-order valence-electron chi connectivity index (χ3n) is 0. The molecule has 0 aliphatic rings. The first-order valence-electron chi connectivity index (χ1n) is 0.272. The van der Waals surface area contributed by atoms with Crippen LogP contribution in [-0.2, 0) is 11.5 Å². The van der Waals surface area contributed by atoms with E-state index in [-0.39, 0.29) is 29.6 Å². The zero-order valence-corrected chi connectivity index (χ0v) is 6.82. The van der Waals surface area contributed by atoms with E-state index in [4.69, 9.17) is 0 Å². The number of rotatable bonds is 0. The summed E-state index contributed by atoms with van der Waals surface area (Å²) in [6.07, 6.45) is 0. The molecule has 0 aliphatic heterocycles. The van der Waals surface area contributed by atoms with Crippen molar-refractivity contribution in [2.75, 3.05) is 0 Å². The monoisotopic (exact) mass is 146 g/mol. The van der Waals surface area contributed by atoms with Crippen LogP contribution >= 0.6 is 21.2 Å². The molecule has 4 heavy (non-hydrogen) atoms. The molecule has 0 saturated carbocycles. The molecular formula is CoNaS2. The van der Waals surface area contributed by atoms with E-state index in [0.29, 0.717) is 11.5 Å². The van der Waals surface area contributed by atoms with Gasteiger partial charge in [0.2, 0.25) is 0 Å². The van der Waals surface area contributed by atoms with Gasteiger partial charge in [0.15, 0.2) is 0 Å². The van der Waals surface area contributed by atoms with E-state index >= 15 is 0 Å². The summed E-state index contributed by atoms with van der Waals surface area (Å²) in [5, 5.41) is 0. The van der Waals surface area contributed by atoms with Gasteiger partial charge in [0.1, 0.15) is 0 Å². The van der Waals surface area contributed by atoms with Gasteiger partial charge in [0.25, 0.3) is 0 Å². The van der Waals surface area contributed by atoms with Crippen LogP contribution in [0.4, 0.5) is 0 Å². The van der Waals surface area contributed by atoms with Crippen LogP contribution in [-0.4, -0.2) is 29.6 Å². The molecule has 0 aliphatic carbocycles. The second-order valence-electron chi connectivity index (χ2n) is 0.0556. The van der Waals surface area contributed by atoms with Gasteiger partial charge in [0.05, 0.1) is 0 Å². The van der Waals surface area contributed by atoms with Gasteiger partial charge in [-0.2, -0.15) is 0 Å². The van der Waals surface area contributed by atoms with Gasteiger partial charge in [-0.1, -0.05) is 0 Å². The van der Waals surface area contributed by atoms with Gasteiger partial charge in [-0.05, 0) is 0 Å². The molecule has 0 aromatic carbocycles. The van der Waals surface area contributed by atoms with Crippen LogP contribution in [0.3, 0.4) is 0 Å². The summed E-state index contributed by atoms with van der Waals surface area (Å²) >= 11 is 0.604. The van der Waals surface area contributed by atoms with Crippen LogP contribution in [0.5, 0.6) is 0 Å². The van der Waals surface area contributed by atoms with Crippen LogP contribution in [0, 0.1) is 0 Å². The van der Waals surface area contributed by atoms with Gasteiger partial charge in [0, 0.05) is 29.6 Å². The maximum atomic E-state index is 4.18. The predicted octanol–water partition coefficient (Wildman–Crippen LogP) is 0.913. The van der Waals surface area contributed by atoms with Crippen LogP contribution in [0.25, 0.3) is 0 Å². The number of hydrogen-bond donors (Lipinski definition) is 0. The first-order chi connectivity index (χ1) is 1.41. The molecule has 0 unspecified atom stereocenters. The molecule has 1 radical (unpaired) electrons. The van der Waals surface area contributed by atoms with Crippen molar-refractivity contribution in [3.63, 3.8) is 0 Å². The van der Waals surface area contributed by atoms with E-state index < -0.39 is 0 Å². The van der Waals surface area contributed by atoms with Crippen molar-refractivity contribution >= 4 is 50.8 Å². The van der Waals surface area contributed by atoms with E-state index in [9.17, 15) is 0 Å². The third-order valence-corrected chi connectivity index (χ3v) is 0. The van der Waals surface area contributed by atoms with E-state index in [1.807, 2.05) is 0 Å². The molecule has 22 valence electrons. The fourth-order valence-electron chi connectivity index (χ4n) is 0. The summed E-state index contributed by atoms with van der Waals surface area (Å²) in [5.41, 5.74) is 0. The first kappa shape index (κ1) is 9.34. The normalized spacial score (nSPS) is 4.00. The molecule has 0 N–H and O–H groups in total. The summed E-state index contributed by atoms with van der Waals surface area (Å²) in [5.74, 6) is 0. The van der Waals surface area contributed by atoms with Crippen molar-refractivity contribution in [3.8, 4) is 0 Å². The standard InChI is InChI=1S/Co.Na.2S. The minimum absolute atomic E-state index is 0. The zero-order valence-electron chi connectivity index (χ0n) is 2.15. The van der Waals surface area contributed by atoms with Gasteiger partial charge in [-0.25, -0.2) is 0 Å². The molecule has 0 fully saturated rings. The summed E-state index contributed by atoms with van der Waals surface area (Å²) in [6, 6.07) is 0. The Bertz CT molecular complexity index is 27.0. The second-order valence-corrected chi connectivity index (χ2v) is 2.06. The van der Waals surface area contributed by atoms with Crippen molar-refractivity contribution < 1.29 is 11.5 Å². The molecule has 0 heterocycles. The molecule has 4 heteroatoms. The Morgan fingerprint density at radius 2 is 1.25 bits per heavy atom. The summed E-state index contributed by atoms with van der Waals surface area (Å²) in [6.45, 7) is 0. The number of hydrogen-bond acceptors (Lipinski definition) is 2. The van der Waals surface area contributed by atoms with Crippen molar-refractivity contribution in [1.82, 2.24) is 0 Å². The van der Waals surface area contributed by atoms with Gasteiger partial charge >= 0.3 is 32.7 Å². The Labute approximate surface area is 61.4 Å². The molecule has 0 aromatic rings. The first-order valence-corrected chi connectivity index (χ1v) is 3.37. The maximum absolute atomic E-state index is 4.18. The molecule has 0 atom stereocenters. The quantitative estimate of drug-likeness (QED) is 0.466. The van der Waals surface area contributed by atoms with E-state index in [1.165, 1.54) is 0 Å². The topological polar surface area (TPSA) is 0 Å². The van der Waals surface area contributed by atoms with E-state index in [1.54, 1.807) is 0 Å². The fourth-order valence-corrected chi connectivity index (χ4v) is 0. The Balaban J connectivity index is 0. The molecule has 0 nitrogen and oxygen atoms in total. The van der Waals surface area contributed by atoms with Crippen LogP contribution in [0.2, 0.25) is 0 Å². The predicted molar refractivity (Wildman–Crippen MR) is 20.9 cm³/mol. The third kappa shape index (κ3) is 9.04. The van der Waals surface area contributed by atoms with Crippen molar-refractivity contribution in [1.29, 1.82) is 0 Å². The molecule has 0 bridgehead atoms. The Morgan fingerprint density at radius 3 is 1.25 bits per heavy atom. The average Bonchev–Trinajstić information content (AvgIpc) is 0.918. The Kier molecular flexibility index (Phi) is 20.7. The Morgan fingerprint density at radius 1 is 1.25 bits per heavy atom. The van der Waals surface area contributed by atoms with Gasteiger partial charge in [-0.15, -0.1) is 0 Å². The molecule has 0 rings (SSSR count). The van der Waals surface area contributed by atoms with Crippen LogP contribution < -0.4 is 0 Å². The van der Waals surface area contributed by atoms with Gasteiger partial charge in [-0.3, -0.25) is 0 Å². The van der Waals surface area contributed by atoms with Gasteiger partial charge < -0.3 is 0 Å². The summed E-state index contributed by atoms with van der Waals surface area (Å²) < 4.78 is 0. The minimum atomic E-state index is 0. The SMILES string of the molecule is [Na].[S]=[Co]=[S]. The Hall–Kier alpha value is 1.95. The molecule has 0 saturated heterocycles. The molecular weight excluding hydrogens is 146 g/mol. The fraction of sp³-hybridized carbons (Fsp3) is 0. The zero-order chi connectivity index (χ0) is 2.71. The van der Waals surface area contributed by atoms with Crippen LogP contribution in [0.15, 0.2) is 0 Å².